The number of rotatable bonds is 6. The number of carbonyl (C=O) groups is 1. The van der Waals surface area contributed by atoms with E-state index in [1.54, 1.807) is 18.2 Å². The minimum absolute atomic E-state index is 0.105. The summed E-state index contributed by atoms with van der Waals surface area (Å²) >= 11 is 0. The molecule has 3 rings (SSSR count). The van der Waals surface area contributed by atoms with E-state index >= 15 is 0 Å². The van der Waals surface area contributed by atoms with Crippen molar-refractivity contribution in [2.75, 3.05) is 6.61 Å². The average Bonchev–Trinajstić information content (AvgIpc) is 2.70. The molecule has 0 heterocycles. The van der Waals surface area contributed by atoms with E-state index in [0.29, 0.717) is 11.3 Å². The first-order valence-electron chi connectivity index (χ1n) is 8.51. The highest BCUT2D eigenvalue weighted by molar-refractivity contribution is 5.85. The van der Waals surface area contributed by atoms with E-state index in [2.05, 4.69) is 10.5 Å². The quantitative estimate of drug-likeness (QED) is 0.517. The summed E-state index contributed by atoms with van der Waals surface area (Å²) < 4.78 is 5.47. The second-order valence-electron chi connectivity index (χ2n) is 6.03. The van der Waals surface area contributed by atoms with Crippen LogP contribution in [0.25, 0.3) is 11.1 Å². The van der Waals surface area contributed by atoms with Gasteiger partial charge in [0.2, 0.25) is 0 Å². The number of hydrazone groups is 1. The molecule has 0 spiro atoms. The lowest BCUT2D eigenvalue weighted by molar-refractivity contribution is -0.123. The first-order valence-corrected chi connectivity index (χ1v) is 8.51. The summed E-state index contributed by atoms with van der Waals surface area (Å²) in [6.07, 6.45) is 1.40. The Morgan fingerprint density at radius 3 is 2.48 bits per heavy atom. The van der Waals surface area contributed by atoms with Gasteiger partial charge in [0.25, 0.3) is 5.91 Å². The summed E-state index contributed by atoms with van der Waals surface area (Å²) in [5.74, 6) is 0.323. The summed E-state index contributed by atoms with van der Waals surface area (Å²) in [4.78, 5) is 11.8. The highest BCUT2D eigenvalue weighted by Crippen LogP contribution is 2.22. The van der Waals surface area contributed by atoms with E-state index in [9.17, 15) is 9.90 Å². The molecule has 0 fully saturated rings. The number of nitrogens with zero attached hydrogens (tertiary/aromatic N) is 1. The molecule has 0 aliphatic rings. The van der Waals surface area contributed by atoms with Crippen molar-refractivity contribution in [2.24, 2.45) is 5.10 Å². The topological polar surface area (TPSA) is 70.9 Å². The summed E-state index contributed by atoms with van der Waals surface area (Å²) in [6, 6.07) is 22.7. The molecule has 0 saturated heterocycles. The first kappa shape index (κ1) is 18.2. The Bertz CT molecular complexity index is 936. The third-order valence-corrected chi connectivity index (χ3v) is 3.91. The minimum atomic E-state index is -0.384. The number of aryl methyl sites for hydroxylation is 1. The maximum Gasteiger partial charge on any atom is 0.277 e. The van der Waals surface area contributed by atoms with Gasteiger partial charge in [-0.05, 0) is 42.3 Å². The van der Waals surface area contributed by atoms with E-state index < -0.39 is 0 Å². The number of ether oxygens (including phenoxy) is 1. The molecule has 0 bridgehead atoms. The number of nitrogens with one attached hydrogen (secondary N) is 1. The van der Waals surface area contributed by atoms with Crippen LogP contribution in [0.15, 0.2) is 77.9 Å². The fourth-order valence-electron chi connectivity index (χ4n) is 2.51. The van der Waals surface area contributed by atoms with E-state index in [0.717, 1.165) is 16.7 Å². The lowest BCUT2D eigenvalue weighted by Crippen LogP contribution is -2.24. The van der Waals surface area contributed by atoms with Gasteiger partial charge in [0.05, 0.1) is 6.21 Å². The Balaban J connectivity index is 1.50. The van der Waals surface area contributed by atoms with Crippen LogP contribution >= 0.6 is 0 Å². The third-order valence-electron chi connectivity index (χ3n) is 3.91. The fourth-order valence-corrected chi connectivity index (χ4v) is 2.51. The fraction of sp³-hybridized carbons (Fsp3) is 0.0909. The van der Waals surface area contributed by atoms with Crippen LogP contribution in [0.5, 0.6) is 11.5 Å². The molecule has 0 aromatic heterocycles. The molecule has 1 amide bonds. The Labute approximate surface area is 157 Å². The largest absolute Gasteiger partial charge is 0.507 e. The molecule has 0 unspecified atom stereocenters. The molecule has 0 aliphatic carbocycles. The van der Waals surface area contributed by atoms with Gasteiger partial charge < -0.3 is 9.84 Å². The number of hydrogen-bond acceptors (Lipinski definition) is 4. The van der Waals surface area contributed by atoms with Crippen LogP contribution in [0.1, 0.15) is 11.1 Å². The molecule has 136 valence electrons. The lowest BCUT2D eigenvalue weighted by atomic mass is 10.1. The van der Waals surface area contributed by atoms with Crippen LogP contribution in [0.4, 0.5) is 0 Å². The van der Waals surface area contributed by atoms with Gasteiger partial charge in [0.15, 0.2) is 6.61 Å². The Hall–Kier alpha value is -3.60. The Kier molecular flexibility index (Phi) is 5.84. The van der Waals surface area contributed by atoms with Gasteiger partial charge in [-0.25, -0.2) is 5.43 Å². The SMILES string of the molecule is Cc1ccc(O)c(/C=N\NC(=O)COc2ccc(-c3ccccc3)cc2)c1. The zero-order chi connectivity index (χ0) is 19.1. The maximum atomic E-state index is 11.8. The Morgan fingerprint density at radius 2 is 1.74 bits per heavy atom. The van der Waals surface area contributed by atoms with Gasteiger partial charge in [-0.1, -0.05) is 54.1 Å². The van der Waals surface area contributed by atoms with Crippen LogP contribution in [-0.4, -0.2) is 23.8 Å². The van der Waals surface area contributed by atoms with Crippen molar-refractivity contribution in [2.45, 2.75) is 6.92 Å². The van der Waals surface area contributed by atoms with Gasteiger partial charge in [0, 0.05) is 5.56 Å². The second-order valence-corrected chi connectivity index (χ2v) is 6.03. The third kappa shape index (κ3) is 5.19. The summed E-state index contributed by atoms with van der Waals surface area (Å²) in [5, 5.41) is 13.6. The smallest absolute Gasteiger partial charge is 0.277 e. The molecule has 5 nitrogen and oxygen atoms in total. The van der Waals surface area contributed by atoms with Crippen LogP contribution in [0, 0.1) is 6.92 Å². The standard InChI is InChI=1S/C22H20N2O3/c1-16-7-12-21(25)19(13-16)14-23-24-22(26)15-27-20-10-8-18(9-11-20)17-5-3-2-4-6-17/h2-14,25H,15H2,1H3,(H,24,26)/b23-14-. The zero-order valence-electron chi connectivity index (χ0n) is 14.9. The highest BCUT2D eigenvalue weighted by Gasteiger charge is 2.03. The summed E-state index contributed by atoms with van der Waals surface area (Å²) in [6.45, 7) is 1.76. The number of phenols is 1. The van der Waals surface area contributed by atoms with Gasteiger partial charge in [-0.2, -0.15) is 5.10 Å². The molecule has 2 N–H and O–H groups in total. The molecular formula is C22H20N2O3. The molecule has 5 heteroatoms. The average molecular weight is 360 g/mol. The second kappa shape index (κ2) is 8.67. The lowest BCUT2D eigenvalue weighted by Gasteiger charge is -2.07. The van der Waals surface area contributed by atoms with Crippen molar-refractivity contribution in [3.63, 3.8) is 0 Å². The number of aromatic hydroxyl groups is 1. The van der Waals surface area contributed by atoms with Crippen LogP contribution < -0.4 is 10.2 Å². The van der Waals surface area contributed by atoms with Crippen LogP contribution in [0.2, 0.25) is 0 Å². The molecule has 27 heavy (non-hydrogen) atoms. The van der Waals surface area contributed by atoms with Crippen molar-refractivity contribution < 1.29 is 14.6 Å². The van der Waals surface area contributed by atoms with Gasteiger partial charge in [0.1, 0.15) is 11.5 Å². The number of amides is 1. The Morgan fingerprint density at radius 1 is 1.04 bits per heavy atom. The predicted molar refractivity (Wildman–Crippen MR) is 106 cm³/mol. The van der Waals surface area contributed by atoms with E-state index in [4.69, 9.17) is 4.74 Å². The maximum absolute atomic E-state index is 11.8. The highest BCUT2D eigenvalue weighted by atomic mass is 16.5. The van der Waals surface area contributed by atoms with Gasteiger partial charge >= 0.3 is 0 Å². The van der Waals surface area contributed by atoms with Crippen LogP contribution in [-0.2, 0) is 4.79 Å². The monoisotopic (exact) mass is 360 g/mol. The first-order chi connectivity index (χ1) is 13.1. The summed E-state index contributed by atoms with van der Waals surface area (Å²) in [7, 11) is 0. The molecule has 3 aromatic carbocycles. The molecule has 3 aromatic rings. The number of carbonyl (C=O) groups excluding carboxylic acids is 1. The van der Waals surface area contributed by atoms with Crippen molar-refractivity contribution in [1.82, 2.24) is 5.43 Å². The van der Waals surface area contributed by atoms with E-state index in [1.165, 1.54) is 6.21 Å². The number of phenolic OH excluding ortho intramolecular Hbond substituents is 1. The minimum Gasteiger partial charge on any atom is -0.507 e. The molecule has 0 atom stereocenters. The normalized spacial score (nSPS) is 10.7. The van der Waals surface area contributed by atoms with Gasteiger partial charge in [-0.15, -0.1) is 0 Å². The van der Waals surface area contributed by atoms with Crippen LogP contribution in [0.3, 0.4) is 0 Å². The zero-order valence-corrected chi connectivity index (χ0v) is 14.9. The van der Waals surface area contributed by atoms with Crippen molar-refractivity contribution in [3.8, 4) is 22.6 Å². The number of benzene rings is 3. The molecule has 0 aliphatic heterocycles. The van der Waals surface area contributed by atoms with E-state index in [-0.39, 0.29) is 18.3 Å². The van der Waals surface area contributed by atoms with Crippen molar-refractivity contribution in [1.29, 1.82) is 0 Å². The predicted octanol–water partition coefficient (Wildman–Crippen LogP) is 3.90. The number of hydrogen-bond donors (Lipinski definition) is 2. The van der Waals surface area contributed by atoms with Gasteiger partial charge in [-0.3, -0.25) is 4.79 Å². The summed E-state index contributed by atoms with van der Waals surface area (Å²) in [5.41, 5.74) is 6.10. The molecule has 0 radical (unpaired) electrons. The van der Waals surface area contributed by atoms with Crippen molar-refractivity contribution >= 4 is 12.1 Å². The molecule has 0 saturated carbocycles. The molecular weight excluding hydrogens is 340 g/mol. The van der Waals surface area contributed by atoms with E-state index in [1.807, 2.05) is 61.5 Å². The van der Waals surface area contributed by atoms with Crippen molar-refractivity contribution in [3.05, 3.63) is 83.9 Å².